The van der Waals surface area contributed by atoms with E-state index in [2.05, 4.69) is 20.8 Å². The van der Waals surface area contributed by atoms with E-state index in [0.717, 1.165) is 16.8 Å². The molecule has 0 atom stereocenters. The van der Waals surface area contributed by atoms with Gasteiger partial charge < -0.3 is 10.6 Å². The zero-order chi connectivity index (χ0) is 15.4. The quantitative estimate of drug-likeness (QED) is 0.802. The van der Waals surface area contributed by atoms with Crippen LogP contribution in [0.3, 0.4) is 0 Å². The number of aromatic nitrogens is 2. The molecule has 0 aliphatic rings. The molecule has 0 bridgehead atoms. The Morgan fingerprint density at radius 2 is 1.86 bits per heavy atom. The minimum atomic E-state index is -0.212. The number of nitrogens with one attached hydrogen (secondary N) is 3. The lowest BCUT2D eigenvalue weighted by Crippen LogP contribution is -2.19. The number of hydrogen-bond donors (Lipinski definition) is 3. The fourth-order valence-electron chi connectivity index (χ4n) is 1.79. The van der Waals surface area contributed by atoms with Crippen molar-refractivity contribution in [2.75, 3.05) is 5.32 Å². The van der Waals surface area contributed by atoms with Crippen molar-refractivity contribution < 1.29 is 9.59 Å². The fourth-order valence-corrected chi connectivity index (χ4v) is 1.79. The maximum atomic E-state index is 12.1. The molecule has 21 heavy (non-hydrogen) atoms. The van der Waals surface area contributed by atoms with Gasteiger partial charge in [-0.05, 0) is 31.5 Å². The van der Waals surface area contributed by atoms with Gasteiger partial charge in [-0.2, -0.15) is 5.10 Å². The average Bonchev–Trinajstić information content (AvgIpc) is 2.77. The molecule has 6 nitrogen and oxygen atoms in total. The van der Waals surface area contributed by atoms with Crippen LogP contribution in [0.5, 0.6) is 0 Å². The molecule has 0 spiro atoms. The maximum absolute atomic E-state index is 12.1. The van der Waals surface area contributed by atoms with Crippen LogP contribution in [0.25, 0.3) is 0 Å². The summed E-state index contributed by atoms with van der Waals surface area (Å²) in [6, 6.07) is 7.07. The minimum absolute atomic E-state index is 0.0822. The van der Waals surface area contributed by atoms with E-state index in [-0.39, 0.29) is 11.8 Å². The highest BCUT2D eigenvalue weighted by atomic mass is 16.2. The first-order valence-electron chi connectivity index (χ1n) is 6.63. The lowest BCUT2D eigenvalue weighted by molar-refractivity contribution is -0.119. The molecular weight excluding hydrogens is 268 g/mol. The second kappa shape index (κ2) is 6.21. The van der Waals surface area contributed by atoms with Crippen LogP contribution in [0.4, 0.5) is 5.82 Å². The monoisotopic (exact) mass is 286 g/mol. The Morgan fingerprint density at radius 3 is 2.38 bits per heavy atom. The normalized spacial score (nSPS) is 10.2. The van der Waals surface area contributed by atoms with Crippen LogP contribution in [0.2, 0.25) is 0 Å². The lowest BCUT2D eigenvalue weighted by Gasteiger charge is -2.05. The number of hydrogen-bond acceptors (Lipinski definition) is 3. The van der Waals surface area contributed by atoms with E-state index in [1.807, 2.05) is 26.0 Å². The van der Waals surface area contributed by atoms with E-state index in [0.29, 0.717) is 17.9 Å². The largest absolute Gasteiger partial charge is 0.352 e. The summed E-state index contributed by atoms with van der Waals surface area (Å²) in [7, 11) is 0. The summed E-state index contributed by atoms with van der Waals surface area (Å²) >= 11 is 0. The molecule has 0 fully saturated rings. The van der Waals surface area contributed by atoms with Gasteiger partial charge in [-0.25, -0.2) is 0 Å². The van der Waals surface area contributed by atoms with E-state index < -0.39 is 0 Å². The molecule has 6 heteroatoms. The zero-order valence-corrected chi connectivity index (χ0v) is 12.3. The Morgan fingerprint density at radius 1 is 1.19 bits per heavy atom. The molecule has 3 N–H and O–H groups in total. The molecule has 2 rings (SSSR count). The minimum Gasteiger partial charge on any atom is -0.352 e. The van der Waals surface area contributed by atoms with Crippen LogP contribution in [-0.2, 0) is 11.3 Å². The average molecular weight is 286 g/mol. The molecule has 0 saturated heterocycles. The molecular formula is C15H18N4O2. The molecule has 1 aromatic carbocycles. The molecule has 1 aromatic heterocycles. The number of carbonyl (C=O) groups excluding carboxylic acids is 2. The molecule has 0 aliphatic heterocycles. The predicted molar refractivity (Wildman–Crippen MR) is 80.0 cm³/mol. The number of amides is 2. The van der Waals surface area contributed by atoms with Crippen molar-refractivity contribution >= 4 is 17.6 Å². The Kier molecular flexibility index (Phi) is 4.37. The highest BCUT2D eigenvalue weighted by Crippen LogP contribution is 2.15. The standard InChI is InChI=1S/C15H18N4O2/c1-9-10(2)18-19-14(9)17-15(21)13-6-4-12(5-7-13)8-16-11(3)20/h4-7H,8H2,1-3H3,(H,16,20)(H2,17,18,19,21). The Balaban J connectivity index is 2.03. The third-order valence-electron chi connectivity index (χ3n) is 3.24. The topological polar surface area (TPSA) is 86.9 Å². The second-order valence-corrected chi connectivity index (χ2v) is 4.88. The molecule has 110 valence electrons. The first kappa shape index (κ1) is 14.8. The van der Waals surface area contributed by atoms with Crippen molar-refractivity contribution in [2.45, 2.75) is 27.3 Å². The number of aryl methyl sites for hydroxylation is 1. The Bertz CT molecular complexity index is 659. The summed E-state index contributed by atoms with van der Waals surface area (Å²) in [5, 5.41) is 12.3. The van der Waals surface area contributed by atoms with Gasteiger partial charge in [0.25, 0.3) is 5.91 Å². The van der Waals surface area contributed by atoms with Crippen LogP contribution >= 0.6 is 0 Å². The number of rotatable bonds is 4. The van der Waals surface area contributed by atoms with Gasteiger partial charge in [0.15, 0.2) is 5.82 Å². The number of aromatic amines is 1. The zero-order valence-electron chi connectivity index (χ0n) is 12.3. The third kappa shape index (κ3) is 3.68. The molecule has 1 heterocycles. The third-order valence-corrected chi connectivity index (χ3v) is 3.24. The van der Waals surface area contributed by atoms with Gasteiger partial charge in [-0.15, -0.1) is 0 Å². The fraction of sp³-hybridized carbons (Fsp3) is 0.267. The summed E-state index contributed by atoms with van der Waals surface area (Å²) in [5.41, 5.74) is 3.33. The second-order valence-electron chi connectivity index (χ2n) is 4.88. The van der Waals surface area contributed by atoms with Gasteiger partial charge in [-0.3, -0.25) is 14.7 Å². The summed E-state index contributed by atoms with van der Waals surface area (Å²) < 4.78 is 0. The summed E-state index contributed by atoms with van der Waals surface area (Å²) in [5.74, 6) is 0.247. The van der Waals surface area contributed by atoms with Crippen LogP contribution in [0.15, 0.2) is 24.3 Å². The van der Waals surface area contributed by atoms with Gasteiger partial charge in [0, 0.05) is 30.3 Å². The van der Waals surface area contributed by atoms with Gasteiger partial charge >= 0.3 is 0 Å². The van der Waals surface area contributed by atoms with E-state index in [1.54, 1.807) is 12.1 Å². The molecule has 2 aromatic rings. The van der Waals surface area contributed by atoms with Crippen molar-refractivity contribution in [3.8, 4) is 0 Å². The van der Waals surface area contributed by atoms with Crippen molar-refractivity contribution in [1.29, 1.82) is 0 Å². The number of benzene rings is 1. The Labute approximate surface area is 122 Å². The number of carbonyl (C=O) groups is 2. The lowest BCUT2D eigenvalue weighted by atomic mass is 10.1. The summed E-state index contributed by atoms with van der Waals surface area (Å²) in [4.78, 5) is 23.0. The van der Waals surface area contributed by atoms with Crippen LogP contribution in [-0.4, -0.2) is 22.0 Å². The number of H-pyrrole nitrogens is 1. The van der Waals surface area contributed by atoms with Crippen LogP contribution in [0.1, 0.15) is 34.1 Å². The number of anilines is 1. The van der Waals surface area contributed by atoms with Crippen LogP contribution in [0, 0.1) is 13.8 Å². The molecule has 0 aliphatic carbocycles. The number of nitrogens with zero attached hydrogens (tertiary/aromatic N) is 1. The first-order valence-corrected chi connectivity index (χ1v) is 6.63. The molecule has 0 radical (unpaired) electrons. The van der Waals surface area contributed by atoms with E-state index >= 15 is 0 Å². The van der Waals surface area contributed by atoms with Gasteiger partial charge in [0.1, 0.15) is 0 Å². The van der Waals surface area contributed by atoms with Crippen molar-refractivity contribution in [2.24, 2.45) is 0 Å². The summed E-state index contributed by atoms with van der Waals surface area (Å²) in [6.07, 6.45) is 0. The van der Waals surface area contributed by atoms with E-state index in [4.69, 9.17) is 0 Å². The maximum Gasteiger partial charge on any atom is 0.256 e. The van der Waals surface area contributed by atoms with Crippen molar-refractivity contribution in [1.82, 2.24) is 15.5 Å². The van der Waals surface area contributed by atoms with Gasteiger partial charge in [0.05, 0.1) is 0 Å². The summed E-state index contributed by atoms with van der Waals surface area (Å²) in [6.45, 7) is 5.71. The first-order chi connectivity index (χ1) is 9.97. The van der Waals surface area contributed by atoms with E-state index in [1.165, 1.54) is 6.92 Å². The van der Waals surface area contributed by atoms with E-state index in [9.17, 15) is 9.59 Å². The highest BCUT2D eigenvalue weighted by molar-refractivity contribution is 6.04. The Hall–Kier alpha value is -2.63. The predicted octanol–water partition coefficient (Wildman–Crippen LogP) is 1.91. The molecule has 2 amide bonds. The molecule has 0 saturated carbocycles. The SMILES string of the molecule is CC(=O)NCc1ccc(C(=O)Nc2n[nH]c(C)c2C)cc1. The van der Waals surface area contributed by atoms with Gasteiger partial charge in [0.2, 0.25) is 5.91 Å². The van der Waals surface area contributed by atoms with Crippen LogP contribution < -0.4 is 10.6 Å². The van der Waals surface area contributed by atoms with Gasteiger partial charge in [-0.1, -0.05) is 12.1 Å². The molecule has 0 unspecified atom stereocenters. The van der Waals surface area contributed by atoms with Crippen molar-refractivity contribution in [3.05, 3.63) is 46.6 Å². The van der Waals surface area contributed by atoms with Crippen molar-refractivity contribution in [3.63, 3.8) is 0 Å². The smallest absolute Gasteiger partial charge is 0.256 e. The highest BCUT2D eigenvalue weighted by Gasteiger charge is 2.11.